The van der Waals surface area contributed by atoms with Gasteiger partial charge in [-0.05, 0) is 6.07 Å². The van der Waals surface area contributed by atoms with Crippen LogP contribution < -0.4 is 15.8 Å². The van der Waals surface area contributed by atoms with Crippen molar-refractivity contribution in [1.29, 1.82) is 0 Å². The maximum Gasteiger partial charge on any atom is 0.234 e. The summed E-state index contributed by atoms with van der Waals surface area (Å²) in [7, 11) is 0. The number of benzene rings is 1. The minimum absolute atomic E-state index is 0. The van der Waals surface area contributed by atoms with E-state index in [2.05, 4.69) is 10.2 Å². The van der Waals surface area contributed by atoms with E-state index in [1.165, 1.54) is 0 Å². The number of rotatable bonds is 7. The molecule has 0 aliphatic carbocycles. The Morgan fingerprint density at radius 1 is 1.26 bits per heavy atom. The molecule has 0 aromatic heterocycles. The molecule has 0 atom stereocenters. The van der Waals surface area contributed by atoms with E-state index in [1.807, 2.05) is 24.3 Å². The SMILES string of the molecule is Cl.Cl.NCC(=O)NCc1ccccc1OCCN1CCOCC1. The summed E-state index contributed by atoms with van der Waals surface area (Å²) < 4.78 is 11.2. The first-order valence-electron chi connectivity index (χ1n) is 7.27. The van der Waals surface area contributed by atoms with Gasteiger partial charge in [0.1, 0.15) is 12.4 Å². The predicted molar refractivity (Wildman–Crippen MR) is 94.6 cm³/mol. The molecule has 6 nitrogen and oxygen atoms in total. The number of amides is 1. The minimum atomic E-state index is -0.168. The van der Waals surface area contributed by atoms with Crippen molar-refractivity contribution in [3.8, 4) is 5.75 Å². The number of morpholine rings is 1. The molecule has 0 unspecified atom stereocenters. The molecule has 132 valence electrons. The zero-order valence-corrected chi connectivity index (χ0v) is 14.7. The summed E-state index contributed by atoms with van der Waals surface area (Å²) >= 11 is 0. The molecule has 1 aliphatic rings. The van der Waals surface area contributed by atoms with Crippen molar-refractivity contribution in [1.82, 2.24) is 10.2 Å². The fourth-order valence-corrected chi connectivity index (χ4v) is 2.17. The third-order valence-electron chi connectivity index (χ3n) is 3.40. The van der Waals surface area contributed by atoms with Crippen molar-refractivity contribution in [2.75, 3.05) is 46.0 Å². The van der Waals surface area contributed by atoms with Gasteiger partial charge >= 0.3 is 0 Å². The average molecular weight is 366 g/mol. The second kappa shape index (κ2) is 12.4. The van der Waals surface area contributed by atoms with E-state index in [4.69, 9.17) is 15.2 Å². The number of carbonyl (C=O) groups is 1. The van der Waals surface area contributed by atoms with Gasteiger partial charge in [-0.2, -0.15) is 0 Å². The van der Waals surface area contributed by atoms with Crippen LogP contribution in [0.4, 0.5) is 0 Å². The van der Waals surface area contributed by atoms with Crippen molar-refractivity contribution in [3.63, 3.8) is 0 Å². The smallest absolute Gasteiger partial charge is 0.234 e. The van der Waals surface area contributed by atoms with Crippen LogP contribution in [0, 0.1) is 0 Å². The number of carbonyl (C=O) groups excluding carboxylic acids is 1. The van der Waals surface area contributed by atoms with Gasteiger partial charge in [-0.15, -0.1) is 24.8 Å². The Hall–Kier alpha value is -1.05. The number of hydrogen-bond donors (Lipinski definition) is 2. The zero-order chi connectivity index (χ0) is 14.9. The third kappa shape index (κ3) is 7.85. The summed E-state index contributed by atoms with van der Waals surface area (Å²) in [6.07, 6.45) is 0. The van der Waals surface area contributed by atoms with E-state index in [1.54, 1.807) is 0 Å². The fourth-order valence-electron chi connectivity index (χ4n) is 2.17. The predicted octanol–water partition coefficient (Wildman–Crippen LogP) is 0.816. The molecular formula is C15H25Cl2N3O3. The molecule has 0 saturated carbocycles. The Bertz CT molecular complexity index is 457. The Morgan fingerprint density at radius 2 is 1.96 bits per heavy atom. The largest absolute Gasteiger partial charge is 0.492 e. The lowest BCUT2D eigenvalue weighted by atomic mass is 10.2. The highest BCUT2D eigenvalue weighted by molar-refractivity contribution is 5.85. The van der Waals surface area contributed by atoms with Crippen LogP contribution in [0.15, 0.2) is 24.3 Å². The van der Waals surface area contributed by atoms with Crippen LogP contribution in [0.3, 0.4) is 0 Å². The van der Waals surface area contributed by atoms with E-state index in [-0.39, 0.29) is 37.3 Å². The van der Waals surface area contributed by atoms with Crippen LogP contribution in [0.2, 0.25) is 0 Å². The van der Waals surface area contributed by atoms with E-state index in [9.17, 15) is 4.79 Å². The van der Waals surface area contributed by atoms with Crippen LogP contribution in [0.5, 0.6) is 5.75 Å². The van der Waals surface area contributed by atoms with Gasteiger partial charge in [-0.3, -0.25) is 9.69 Å². The molecule has 1 aromatic carbocycles. The zero-order valence-electron chi connectivity index (χ0n) is 13.0. The molecule has 1 aliphatic heterocycles. The van der Waals surface area contributed by atoms with E-state index in [0.717, 1.165) is 44.2 Å². The molecule has 1 fully saturated rings. The number of nitrogens with two attached hydrogens (primary N) is 1. The van der Waals surface area contributed by atoms with Crippen molar-refractivity contribution < 1.29 is 14.3 Å². The summed E-state index contributed by atoms with van der Waals surface area (Å²) in [5, 5.41) is 2.76. The Balaban J connectivity index is 0.00000242. The summed E-state index contributed by atoms with van der Waals surface area (Å²) in [6.45, 7) is 5.44. The quantitative estimate of drug-likeness (QED) is 0.747. The molecule has 1 aromatic rings. The first kappa shape index (κ1) is 21.9. The average Bonchev–Trinajstić information content (AvgIpc) is 2.54. The highest BCUT2D eigenvalue weighted by Crippen LogP contribution is 2.17. The molecule has 23 heavy (non-hydrogen) atoms. The molecule has 1 heterocycles. The van der Waals surface area contributed by atoms with Crippen LogP contribution in [-0.4, -0.2) is 56.8 Å². The van der Waals surface area contributed by atoms with Gasteiger partial charge in [0.15, 0.2) is 0 Å². The summed E-state index contributed by atoms with van der Waals surface area (Å²) in [5.74, 6) is 0.640. The standard InChI is InChI=1S/C15H23N3O3.2ClH/c16-11-15(19)17-12-13-3-1-2-4-14(13)21-10-7-18-5-8-20-9-6-18;;/h1-4H,5-12,16H2,(H,17,19);2*1H. The molecular weight excluding hydrogens is 341 g/mol. The lowest BCUT2D eigenvalue weighted by Crippen LogP contribution is -2.38. The lowest BCUT2D eigenvalue weighted by molar-refractivity contribution is -0.119. The Labute approximate surface area is 149 Å². The van der Waals surface area contributed by atoms with Crippen LogP contribution >= 0.6 is 24.8 Å². The molecule has 3 N–H and O–H groups in total. The van der Waals surface area contributed by atoms with Gasteiger partial charge < -0.3 is 20.5 Å². The number of halogens is 2. The number of para-hydroxylation sites is 1. The number of hydrogen-bond acceptors (Lipinski definition) is 5. The van der Waals surface area contributed by atoms with Crippen molar-refractivity contribution in [2.45, 2.75) is 6.54 Å². The number of ether oxygens (including phenoxy) is 2. The number of nitrogens with zero attached hydrogens (tertiary/aromatic N) is 1. The molecule has 2 rings (SSSR count). The van der Waals surface area contributed by atoms with Crippen molar-refractivity contribution in [3.05, 3.63) is 29.8 Å². The third-order valence-corrected chi connectivity index (χ3v) is 3.40. The second-order valence-electron chi connectivity index (χ2n) is 4.89. The van der Waals surface area contributed by atoms with Gasteiger partial charge in [-0.25, -0.2) is 0 Å². The van der Waals surface area contributed by atoms with E-state index >= 15 is 0 Å². The van der Waals surface area contributed by atoms with Gasteiger partial charge in [0.05, 0.1) is 19.8 Å². The molecule has 1 amide bonds. The first-order valence-corrected chi connectivity index (χ1v) is 7.27. The summed E-state index contributed by atoms with van der Waals surface area (Å²) in [6, 6.07) is 7.72. The van der Waals surface area contributed by atoms with Crippen molar-refractivity contribution >= 4 is 30.7 Å². The molecule has 1 saturated heterocycles. The number of nitrogens with one attached hydrogen (secondary N) is 1. The highest BCUT2D eigenvalue weighted by atomic mass is 35.5. The molecule has 0 bridgehead atoms. The summed E-state index contributed by atoms with van der Waals surface area (Å²) in [5.41, 5.74) is 6.24. The van der Waals surface area contributed by atoms with Crippen LogP contribution in [0.25, 0.3) is 0 Å². The van der Waals surface area contributed by atoms with Gasteiger partial charge in [0, 0.05) is 31.7 Å². The Morgan fingerprint density at radius 3 is 2.65 bits per heavy atom. The maximum absolute atomic E-state index is 11.2. The maximum atomic E-state index is 11.2. The highest BCUT2D eigenvalue weighted by Gasteiger charge is 2.10. The molecule has 0 radical (unpaired) electrons. The second-order valence-corrected chi connectivity index (χ2v) is 4.89. The first-order chi connectivity index (χ1) is 10.3. The monoisotopic (exact) mass is 365 g/mol. The van der Waals surface area contributed by atoms with Crippen molar-refractivity contribution in [2.24, 2.45) is 5.73 Å². The Kier molecular flexibility index (Phi) is 11.8. The van der Waals surface area contributed by atoms with Gasteiger partial charge in [0.2, 0.25) is 5.91 Å². The van der Waals surface area contributed by atoms with Gasteiger partial charge in [-0.1, -0.05) is 18.2 Å². The fraction of sp³-hybridized carbons (Fsp3) is 0.533. The molecule has 8 heteroatoms. The minimum Gasteiger partial charge on any atom is -0.492 e. The van der Waals surface area contributed by atoms with Crippen LogP contribution in [0.1, 0.15) is 5.56 Å². The molecule has 0 spiro atoms. The normalized spacial score (nSPS) is 14.3. The van der Waals surface area contributed by atoms with Crippen LogP contribution in [-0.2, 0) is 16.1 Å². The topological polar surface area (TPSA) is 76.8 Å². The van der Waals surface area contributed by atoms with E-state index < -0.39 is 0 Å². The van der Waals surface area contributed by atoms with E-state index in [0.29, 0.717) is 13.2 Å². The lowest BCUT2D eigenvalue weighted by Gasteiger charge is -2.26. The van der Waals surface area contributed by atoms with Gasteiger partial charge in [0.25, 0.3) is 0 Å². The summed E-state index contributed by atoms with van der Waals surface area (Å²) in [4.78, 5) is 13.5.